The lowest BCUT2D eigenvalue weighted by Gasteiger charge is -2.34. The van der Waals surface area contributed by atoms with E-state index in [4.69, 9.17) is 11.6 Å². The maximum absolute atomic E-state index is 12.6. The van der Waals surface area contributed by atoms with Crippen LogP contribution in [0.2, 0.25) is 5.02 Å². The second-order valence-corrected chi connectivity index (χ2v) is 9.25. The Balaban J connectivity index is 1.19. The average molecular weight is 454 g/mol. The Morgan fingerprint density at radius 1 is 1.12 bits per heavy atom. The molecule has 3 aromatic heterocycles. The summed E-state index contributed by atoms with van der Waals surface area (Å²) in [6.07, 6.45) is 4.84. The molecule has 5 heterocycles. The van der Waals surface area contributed by atoms with Crippen molar-refractivity contribution in [2.45, 2.75) is 51.4 Å². The van der Waals surface area contributed by atoms with Gasteiger partial charge in [0.05, 0.1) is 16.8 Å². The predicted octanol–water partition coefficient (Wildman–Crippen LogP) is 2.58. The smallest absolute Gasteiger partial charge is 0.252 e. The summed E-state index contributed by atoms with van der Waals surface area (Å²) in [7, 11) is 0. The molecule has 8 heteroatoms. The number of halogens is 1. The lowest BCUT2D eigenvalue weighted by molar-refractivity contribution is 0.171. The molecule has 2 aliphatic rings. The van der Waals surface area contributed by atoms with Crippen molar-refractivity contribution in [2.24, 2.45) is 0 Å². The first-order valence-corrected chi connectivity index (χ1v) is 11.8. The number of rotatable bonds is 6. The molecule has 0 saturated carbocycles. The topological polar surface area (TPSA) is 72.2 Å². The molecule has 0 amide bonds. The van der Waals surface area contributed by atoms with E-state index in [1.165, 1.54) is 0 Å². The van der Waals surface area contributed by atoms with E-state index < -0.39 is 0 Å². The van der Waals surface area contributed by atoms with E-state index in [-0.39, 0.29) is 17.2 Å². The third kappa shape index (κ3) is 4.00. The van der Waals surface area contributed by atoms with Gasteiger partial charge in [0.25, 0.3) is 11.1 Å². The molecule has 0 aromatic carbocycles. The van der Waals surface area contributed by atoms with Crippen LogP contribution >= 0.6 is 11.6 Å². The van der Waals surface area contributed by atoms with Crippen molar-refractivity contribution in [3.8, 4) is 0 Å². The summed E-state index contributed by atoms with van der Waals surface area (Å²) in [4.78, 5) is 31.8. The average Bonchev–Trinajstić information content (AvgIpc) is 3.19. The van der Waals surface area contributed by atoms with Crippen LogP contribution in [-0.2, 0) is 19.5 Å². The van der Waals surface area contributed by atoms with Crippen molar-refractivity contribution in [2.75, 3.05) is 19.6 Å². The zero-order valence-corrected chi connectivity index (χ0v) is 19.0. The minimum Gasteiger partial charge on any atom is -0.310 e. The van der Waals surface area contributed by atoms with Crippen LogP contribution in [0.25, 0.3) is 11.0 Å². The SMILES string of the molecule is CCc1ncc(CNC2CCN(C[C@@H]3Cn4c(=O)ccc5ccc(=O)n3c54)CC2)cc1Cl. The van der Waals surface area contributed by atoms with Gasteiger partial charge in [-0.3, -0.25) is 23.7 Å². The third-order valence-electron chi connectivity index (χ3n) is 6.78. The van der Waals surface area contributed by atoms with Crippen LogP contribution in [-0.4, -0.2) is 44.7 Å². The Morgan fingerprint density at radius 3 is 2.59 bits per heavy atom. The molecule has 7 nitrogen and oxygen atoms in total. The van der Waals surface area contributed by atoms with Gasteiger partial charge in [-0.25, -0.2) is 0 Å². The number of nitrogens with zero attached hydrogens (tertiary/aromatic N) is 4. The highest BCUT2D eigenvalue weighted by Crippen LogP contribution is 2.25. The van der Waals surface area contributed by atoms with Crippen LogP contribution in [0.4, 0.5) is 0 Å². The van der Waals surface area contributed by atoms with E-state index in [9.17, 15) is 9.59 Å². The highest BCUT2D eigenvalue weighted by molar-refractivity contribution is 6.31. The maximum Gasteiger partial charge on any atom is 0.252 e. The summed E-state index contributed by atoms with van der Waals surface area (Å²) in [5, 5.41) is 5.32. The van der Waals surface area contributed by atoms with E-state index in [1.807, 2.05) is 29.0 Å². The molecule has 0 aliphatic carbocycles. The van der Waals surface area contributed by atoms with E-state index in [1.54, 1.807) is 16.7 Å². The molecule has 0 spiro atoms. The van der Waals surface area contributed by atoms with E-state index in [0.717, 1.165) is 72.8 Å². The molecule has 1 fully saturated rings. The molecule has 1 atom stereocenters. The summed E-state index contributed by atoms with van der Waals surface area (Å²) in [5.74, 6) is 0. The second kappa shape index (κ2) is 8.81. The van der Waals surface area contributed by atoms with Crippen molar-refractivity contribution < 1.29 is 0 Å². The Morgan fingerprint density at radius 2 is 1.88 bits per heavy atom. The number of likely N-dealkylation sites (tertiary alicyclic amines) is 1. The van der Waals surface area contributed by atoms with E-state index >= 15 is 0 Å². The molecule has 5 rings (SSSR count). The Kier molecular flexibility index (Phi) is 5.88. The first-order chi connectivity index (χ1) is 15.5. The molecule has 3 aromatic rings. The van der Waals surface area contributed by atoms with Crippen molar-refractivity contribution >= 4 is 22.6 Å². The molecule has 0 unspecified atom stereocenters. The van der Waals surface area contributed by atoms with Crippen LogP contribution in [0.1, 0.15) is 37.1 Å². The zero-order chi connectivity index (χ0) is 22.2. The maximum atomic E-state index is 12.6. The van der Waals surface area contributed by atoms with Crippen LogP contribution in [0.15, 0.2) is 46.1 Å². The first kappa shape index (κ1) is 21.4. The minimum absolute atomic E-state index is 0.00361. The van der Waals surface area contributed by atoms with E-state index in [0.29, 0.717) is 12.6 Å². The zero-order valence-electron chi connectivity index (χ0n) is 18.3. The molecule has 0 bridgehead atoms. The van der Waals surface area contributed by atoms with Gasteiger partial charge in [-0.1, -0.05) is 18.5 Å². The number of pyridine rings is 3. The van der Waals surface area contributed by atoms with Crippen molar-refractivity contribution in [1.29, 1.82) is 0 Å². The molecule has 32 heavy (non-hydrogen) atoms. The van der Waals surface area contributed by atoms with Crippen LogP contribution < -0.4 is 16.4 Å². The fraction of sp³-hybridized carbons (Fsp3) is 0.458. The molecular formula is C24H28ClN5O2. The number of hydrogen-bond donors (Lipinski definition) is 1. The van der Waals surface area contributed by atoms with Gasteiger partial charge in [0.1, 0.15) is 5.65 Å². The normalized spacial score (nSPS) is 19.1. The number of piperidine rings is 1. The summed E-state index contributed by atoms with van der Waals surface area (Å²) in [6, 6.07) is 9.27. The van der Waals surface area contributed by atoms with Gasteiger partial charge in [0.15, 0.2) is 0 Å². The van der Waals surface area contributed by atoms with Gasteiger partial charge in [-0.2, -0.15) is 0 Å². The Bertz CT molecular complexity index is 1250. The monoisotopic (exact) mass is 453 g/mol. The third-order valence-corrected chi connectivity index (χ3v) is 7.10. The highest BCUT2D eigenvalue weighted by Gasteiger charge is 2.29. The standard InChI is InChI=1S/C24H28ClN5O2/c1-2-21-20(25)11-16(13-27-21)12-26-18-7-9-28(10-8-18)14-19-15-29-22(31)5-3-17-4-6-23(32)30(19)24(17)29/h3-6,11,13,18-19,26H,2,7-10,12,14-15H2,1H3/t19-/m1/s1. The summed E-state index contributed by atoms with van der Waals surface area (Å²) in [6.45, 7) is 6.11. The number of aryl methyl sites for hydroxylation is 1. The van der Waals surface area contributed by atoms with Crippen LogP contribution in [0, 0.1) is 0 Å². The fourth-order valence-corrected chi connectivity index (χ4v) is 5.36. The number of nitrogens with one attached hydrogen (secondary N) is 1. The van der Waals surface area contributed by atoms with Gasteiger partial charge < -0.3 is 10.2 Å². The molecule has 1 saturated heterocycles. The lowest BCUT2D eigenvalue weighted by Crippen LogP contribution is -2.44. The van der Waals surface area contributed by atoms with Crippen LogP contribution in [0.3, 0.4) is 0 Å². The first-order valence-electron chi connectivity index (χ1n) is 11.4. The van der Waals surface area contributed by atoms with Crippen molar-refractivity contribution in [3.63, 3.8) is 0 Å². The Labute approximate surface area is 191 Å². The highest BCUT2D eigenvalue weighted by atomic mass is 35.5. The fourth-order valence-electron chi connectivity index (χ4n) is 5.03. The Hall–Kier alpha value is -2.48. The van der Waals surface area contributed by atoms with Crippen molar-refractivity contribution in [1.82, 2.24) is 24.3 Å². The number of aromatic nitrogens is 3. The molecular weight excluding hydrogens is 426 g/mol. The lowest BCUT2D eigenvalue weighted by atomic mass is 10.0. The summed E-state index contributed by atoms with van der Waals surface area (Å²) >= 11 is 6.29. The minimum atomic E-state index is -0.0381. The van der Waals surface area contributed by atoms with Crippen LogP contribution in [0.5, 0.6) is 0 Å². The van der Waals surface area contributed by atoms with Crippen molar-refractivity contribution in [3.05, 3.63) is 73.5 Å². The largest absolute Gasteiger partial charge is 0.310 e. The van der Waals surface area contributed by atoms with E-state index in [2.05, 4.69) is 22.1 Å². The quantitative estimate of drug-likeness (QED) is 0.621. The molecule has 0 radical (unpaired) electrons. The molecule has 1 N–H and O–H groups in total. The van der Waals surface area contributed by atoms with Gasteiger partial charge in [-0.15, -0.1) is 0 Å². The molecule has 168 valence electrons. The van der Waals surface area contributed by atoms with Gasteiger partial charge in [0, 0.05) is 49.4 Å². The second-order valence-electron chi connectivity index (χ2n) is 8.84. The van der Waals surface area contributed by atoms with Gasteiger partial charge >= 0.3 is 0 Å². The molecule has 2 aliphatic heterocycles. The van der Waals surface area contributed by atoms with Gasteiger partial charge in [0.2, 0.25) is 0 Å². The predicted molar refractivity (Wildman–Crippen MR) is 126 cm³/mol. The number of hydrogen-bond acceptors (Lipinski definition) is 5. The van der Waals surface area contributed by atoms with Gasteiger partial charge in [-0.05, 0) is 56.1 Å². The summed E-state index contributed by atoms with van der Waals surface area (Å²) < 4.78 is 3.57. The summed E-state index contributed by atoms with van der Waals surface area (Å²) in [5.41, 5.74) is 2.74.